The largest absolute Gasteiger partial charge is 0.348 e. The Morgan fingerprint density at radius 2 is 1.75 bits per heavy atom. The number of likely N-dealkylation sites (N-methyl/N-ethyl adjacent to an activating group) is 1. The number of pyridine rings is 1. The number of likely N-dealkylation sites (tertiary alicyclic amines) is 1. The number of rotatable bonds is 7. The molecule has 2 aliphatic rings. The van der Waals surface area contributed by atoms with Gasteiger partial charge in [0.25, 0.3) is 0 Å². The lowest BCUT2D eigenvalue weighted by Gasteiger charge is -2.37. The summed E-state index contributed by atoms with van der Waals surface area (Å²) in [5, 5.41) is 0. The van der Waals surface area contributed by atoms with Gasteiger partial charge < -0.3 is 9.80 Å². The van der Waals surface area contributed by atoms with Crippen molar-refractivity contribution in [3.05, 3.63) is 65.5 Å². The van der Waals surface area contributed by atoms with Crippen molar-refractivity contribution >= 4 is 23.6 Å². The Morgan fingerprint density at radius 1 is 1.03 bits per heavy atom. The molecule has 2 fully saturated rings. The molecule has 0 spiro atoms. The molecule has 9 heteroatoms. The smallest absolute Gasteiger partial charge is 0.241 e. The maximum absolute atomic E-state index is 13.9. The highest BCUT2D eigenvalue weighted by Gasteiger charge is 2.54. The third kappa shape index (κ3) is 5.16. The standard InChI is InChI=1S/C27H33N5O4/c1-20-7-4-5-9-22(20)27(16-24(34)32(26(27)36)18-21-8-6-10-28-17-21)15-23(33)31-13-11-30(12-14-31)19-25(35)29(2)3/h4-10,17H,11-16,18-19H2,1-3H3. The second-order valence-electron chi connectivity index (χ2n) is 9.84. The number of carbonyl (C=O) groups is 4. The minimum Gasteiger partial charge on any atom is -0.348 e. The van der Waals surface area contributed by atoms with Crippen LogP contribution < -0.4 is 0 Å². The molecule has 190 valence electrons. The van der Waals surface area contributed by atoms with Gasteiger partial charge in [0.05, 0.1) is 18.5 Å². The van der Waals surface area contributed by atoms with E-state index in [-0.39, 0.29) is 43.0 Å². The van der Waals surface area contributed by atoms with Crippen LogP contribution in [0.5, 0.6) is 0 Å². The van der Waals surface area contributed by atoms with Gasteiger partial charge in [0.2, 0.25) is 23.6 Å². The van der Waals surface area contributed by atoms with Gasteiger partial charge >= 0.3 is 0 Å². The molecule has 9 nitrogen and oxygen atoms in total. The van der Waals surface area contributed by atoms with E-state index in [1.54, 1.807) is 42.4 Å². The van der Waals surface area contributed by atoms with Crippen LogP contribution in [-0.2, 0) is 31.1 Å². The van der Waals surface area contributed by atoms with E-state index < -0.39 is 5.41 Å². The highest BCUT2D eigenvalue weighted by molar-refractivity contribution is 6.10. The average molecular weight is 492 g/mol. The zero-order chi connectivity index (χ0) is 25.9. The maximum Gasteiger partial charge on any atom is 0.241 e. The third-order valence-corrected chi connectivity index (χ3v) is 7.17. The van der Waals surface area contributed by atoms with Crippen molar-refractivity contribution in [3.63, 3.8) is 0 Å². The minimum absolute atomic E-state index is 0.0251. The van der Waals surface area contributed by atoms with E-state index in [1.807, 2.05) is 42.2 Å². The van der Waals surface area contributed by atoms with Gasteiger partial charge in [-0.25, -0.2) is 0 Å². The molecule has 4 rings (SSSR count). The second kappa shape index (κ2) is 10.6. The molecule has 0 radical (unpaired) electrons. The summed E-state index contributed by atoms with van der Waals surface area (Å²) in [6.07, 6.45) is 3.17. The first-order valence-corrected chi connectivity index (χ1v) is 12.2. The minimum atomic E-state index is -1.24. The number of nitrogens with zero attached hydrogens (tertiary/aromatic N) is 5. The van der Waals surface area contributed by atoms with E-state index in [0.717, 1.165) is 16.7 Å². The summed E-state index contributed by atoms with van der Waals surface area (Å²) in [7, 11) is 3.45. The Balaban J connectivity index is 1.54. The number of piperazine rings is 1. The Bertz CT molecular complexity index is 1140. The molecule has 1 aromatic carbocycles. The van der Waals surface area contributed by atoms with Crippen LogP contribution in [-0.4, -0.2) is 95.0 Å². The monoisotopic (exact) mass is 491 g/mol. The quantitative estimate of drug-likeness (QED) is 0.541. The molecule has 2 saturated heterocycles. The van der Waals surface area contributed by atoms with Crippen molar-refractivity contribution in [1.82, 2.24) is 24.6 Å². The predicted molar refractivity (Wildman–Crippen MR) is 134 cm³/mol. The Labute approximate surface area is 211 Å². The zero-order valence-electron chi connectivity index (χ0n) is 21.1. The fourth-order valence-corrected chi connectivity index (χ4v) is 5.05. The number of aromatic nitrogens is 1. The highest BCUT2D eigenvalue weighted by atomic mass is 16.2. The SMILES string of the molecule is Cc1ccccc1C1(CC(=O)N2CCN(CC(=O)N(C)C)CC2)CC(=O)N(Cc2cccnc2)C1=O. The molecular weight excluding hydrogens is 458 g/mol. The number of benzene rings is 1. The lowest BCUT2D eigenvalue weighted by atomic mass is 9.74. The van der Waals surface area contributed by atoms with Gasteiger partial charge in [-0.1, -0.05) is 30.3 Å². The van der Waals surface area contributed by atoms with Crippen LogP contribution in [0.1, 0.15) is 29.5 Å². The summed E-state index contributed by atoms with van der Waals surface area (Å²) in [6.45, 7) is 4.48. The molecule has 1 unspecified atom stereocenters. The molecule has 0 bridgehead atoms. The topological polar surface area (TPSA) is 94.1 Å². The Morgan fingerprint density at radius 3 is 2.39 bits per heavy atom. The van der Waals surface area contributed by atoms with Gasteiger partial charge in [0, 0.05) is 65.5 Å². The van der Waals surface area contributed by atoms with Crippen molar-refractivity contribution in [1.29, 1.82) is 0 Å². The van der Waals surface area contributed by atoms with E-state index in [4.69, 9.17) is 0 Å². The Kier molecular flexibility index (Phi) is 7.49. The van der Waals surface area contributed by atoms with E-state index in [2.05, 4.69) is 4.98 Å². The van der Waals surface area contributed by atoms with Gasteiger partial charge in [-0.3, -0.25) is 34.0 Å². The molecule has 1 atom stereocenters. The molecule has 3 heterocycles. The molecule has 2 aromatic rings. The molecule has 0 saturated carbocycles. The number of imide groups is 1. The maximum atomic E-state index is 13.9. The van der Waals surface area contributed by atoms with Gasteiger partial charge in [-0.2, -0.15) is 0 Å². The third-order valence-electron chi connectivity index (χ3n) is 7.17. The average Bonchev–Trinajstić information content (AvgIpc) is 3.10. The first-order valence-electron chi connectivity index (χ1n) is 12.2. The van der Waals surface area contributed by atoms with Crippen LogP contribution in [0.4, 0.5) is 0 Å². The van der Waals surface area contributed by atoms with Crippen molar-refractivity contribution in [2.24, 2.45) is 0 Å². The van der Waals surface area contributed by atoms with Crippen molar-refractivity contribution in [2.75, 3.05) is 46.8 Å². The molecule has 4 amide bonds. The number of hydrogen-bond donors (Lipinski definition) is 0. The predicted octanol–water partition coefficient (Wildman–Crippen LogP) is 1.21. The lowest BCUT2D eigenvalue weighted by molar-refractivity contribution is -0.144. The van der Waals surface area contributed by atoms with Crippen molar-refractivity contribution < 1.29 is 19.2 Å². The molecule has 0 aliphatic carbocycles. The van der Waals surface area contributed by atoms with Crippen molar-refractivity contribution in [2.45, 2.75) is 31.7 Å². The van der Waals surface area contributed by atoms with Crippen LogP contribution in [0.3, 0.4) is 0 Å². The van der Waals surface area contributed by atoms with Crippen LogP contribution in [0.15, 0.2) is 48.8 Å². The van der Waals surface area contributed by atoms with Crippen LogP contribution in [0, 0.1) is 6.92 Å². The van der Waals surface area contributed by atoms with E-state index in [1.165, 1.54) is 4.90 Å². The fraction of sp³-hybridized carbons (Fsp3) is 0.444. The van der Waals surface area contributed by atoms with Crippen LogP contribution in [0.2, 0.25) is 0 Å². The first kappa shape index (κ1) is 25.5. The molecule has 0 N–H and O–H groups in total. The normalized spacial score (nSPS) is 20.6. The van der Waals surface area contributed by atoms with Gasteiger partial charge in [0.1, 0.15) is 0 Å². The van der Waals surface area contributed by atoms with Gasteiger partial charge in [-0.15, -0.1) is 0 Å². The Hall–Kier alpha value is -3.59. The molecule has 36 heavy (non-hydrogen) atoms. The van der Waals surface area contributed by atoms with E-state index in [0.29, 0.717) is 32.7 Å². The van der Waals surface area contributed by atoms with E-state index >= 15 is 0 Å². The van der Waals surface area contributed by atoms with Crippen molar-refractivity contribution in [3.8, 4) is 0 Å². The molecule has 2 aliphatic heterocycles. The summed E-state index contributed by atoms with van der Waals surface area (Å²) < 4.78 is 0. The van der Waals surface area contributed by atoms with Crippen LogP contribution in [0.25, 0.3) is 0 Å². The van der Waals surface area contributed by atoms with Crippen LogP contribution >= 0.6 is 0 Å². The summed E-state index contributed by atoms with van der Waals surface area (Å²) in [5.74, 6) is -0.751. The van der Waals surface area contributed by atoms with E-state index in [9.17, 15) is 19.2 Å². The first-order chi connectivity index (χ1) is 17.2. The van der Waals surface area contributed by atoms with Gasteiger partial charge in [0.15, 0.2) is 0 Å². The summed E-state index contributed by atoms with van der Waals surface area (Å²) in [5.41, 5.74) is 1.12. The zero-order valence-corrected chi connectivity index (χ0v) is 21.1. The number of carbonyl (C=O) groups excluding carboxylic acids is 4. The summed E-state index contributed by atoms with van der Waals surface area (Å²) in [4.78, 5) is 63.4. The summed E-state index contributed by atoms with van der Waals surface area (Å²) in [6, 6.07) is 11.1. The summed E-state index contributed by atoms with van der Waals surface area (Å²) >= 11 is 0. The second-order valence-corrected chi connectivity index (χ2v) is 9.84. The lowest BCUT2D eigenvalue weighted by Crippen LogP contribution is -2.52. The number of hydrogen-bond acceptors (Lipinski definition) is 6. The molecule has 1 aromatic heterocycles. The fourth-order valence-electron chi connectivity index (χ4n) is 5.05. The number of aryl methyl sites for hydroxylation is 1. The number of amides is 4. The van der Waals surface area contributed by atoms with Gasteiger partial charge in [-0.05, 0) is 29.7 Å². The highest BCUT2D eigenvalue weighted by Crippen LogP contribution is 2.42. The molecular formula is C27H33N5O4.